The van der Waals surface area contributed by atoms with E-state index in [9.17, 15) is 18.0 Å². The van der Waals surface area contributed by atoms with Crippen molar-refractivity contribution in [2.75, 3.05) is 7.11 Å². The SMILES string of the molecule is COC(=O)c1c(C)[nH]c(C(=O)[C@@H](C)S(=O)(=O)c2ccccc2Cl)c1C. The van der Waals surface area contributed by atoms with Crippen LogP contribution in [-0.2, 0) is 14.6 Å². The molecule has 2 rings (SSSR count). The third-order valence-electron chi connectivity index (χ3n) is 4.05. The highest BCUT2D eigenvalue weighted by Gasteiger charge is 2.34. The minimum Gasteiger partial charge on any atom is -0.465 e. The molecule has 25 heavy (non-hydrogen) atoms. The van der Waals surface area contributed by atoms with Gasteiger partial charge in [0, 0.05) is 5.69 Å². The lowest BCUT2D eigenvalue weighted by atomic mass is 10.1. The molecule has 0 amide bonds. The predicted octanol–water partition coefficient (Wildman–Crippen LogP) is 3.12. The molecule has 2 aromatic rings. The number of H-pyrrole nitrogens is 1. The summed E-state index contributed by atoms with van der Waals surface area (Å²) < 4.78 is 30.2. The van der Waals surface area contributed by atoms with Crippen LogP contribution in [0.3, 0.4) is 0 Å². The molecule has 8 heteroatoms. The highest BCUT2D eigenvalue weighted by molar-refractivity contribution is 7.93. The number of sulfone groups is 1. The summed E-state index contributed by atoms with van der Waals surface area (Å²) in [6.45, 7) is 4.48. The number of nitrogens with one attached hydrogen (secondary N) is 1. The van der Waals surface area contributed by atoms with E-state index in [0.717, 1.165) is 0 Å². The number of Topliss-reactive ketones (excluding diaryl/α,β-unsaturated/α-hetero) is 1. The Labute approximate surface area is 151 Å². The molecule has 1 atom stereocenters. The summed E-state index contributed by atoms with van der Waals surface area (Å²) >= 11 is 5.97. The molecule has 0 saturated carbocycles. The molecule has 0 saturated heterocycles. The Kier molecular flexibility index (Phi) is 5.39. The largest absolute Gasteiger partial charge is 0.465 e. The Morgan fingerprint density at radius 2 is 1.80 bits per heavy atom. The number of ether oxygens (including phenoxy) is 1. The van der Waals surface area contributed by atoms with Gasteiger partial charge in [-0.05, 0) is 38.5 Å². The van der Waals surface area contributed by atoms with Crippen LogP contribution in [0, 0.1) is 13.8 Å². The number of ketones is 1. The molecule has 0 spiro atoms. The number of carbonyl (C=O) groups excluding carboxylic acids is 2. The molecule has 134 valence electrons. The summed E-state index contributed by atoms with van der Waals surface area (Å²) in [6.07, 6.45) is 0. The normalized spacial score (nSPS) is 12.7. The summed E-state index contributed by atoms with van der Waals surface area (Å²) in [7, 11) is -2.74. The first-order valence-electron chi connectivity index (χ1n) is 7.43. The van der Waals surface area contributed by atoms with Crippen molar-refractivity contribution in [1.82, 2.24) is 4.98 Å². The van der Waals surface area contributed by atoms with Gasteiger partial charge in [0.05, 0.1) is 28.3 Å². The van der Waals surface area contributed by atoms with E-state index < -0.39 is 26.8 Å². The summed E-state index contributed by atoms with van der Waals surface area (Å²) in [5, 5.41) is -1.31. The fourth-order valence-electron chi connectivity index (χ4n) is 2.61. The second kappa shape index (κ2) is 7.01. The van der Waals surface area contributed by atoms with E-state index >= 15 is 0 Å². The quantitative estimate of drug-likeness (QED) is 0.632. The Hall–Kier alpha value is -2.12. The molecule has 1 heterocycles. The maximum atomic E-state index is 12.8. The van der Waals surface area contributed by atoms with Gasteiger partial charge in [-0.2, -0.15) is 0 Å². The third-order valence-corrected chi connectivity index (χ3v) is 6.61. The van der Waals surface area contributed by atoms with Gasteiger partial charge < -0.3 is 9.72 Å². The van der Waals surface area contributed by atoms with Gasteiger partial charge in [0.25, 0.3) is 0 Å². The standard InChI is InChI=1S/C17H18ClNO5S/c1-9-14(17(21)24-4)10(2)19-15(9)16(20)11(3)25(22,23)13-8-6-5-7-12(13)18/h5-8,11,19H,1-4H3/t11-/m1/s1. The maximum Gasteiger partial charge on any atom is 0.339 e. The lowest BCUT2D eigenvalue weighted by Crippen LogP contribution is -2.28. The van der Waals surface area contributed by atoms with Crippen molar-refractivity contribution in [3.8, 4) is 0 Å². The van der Waals surface area contributed by atoms with Gasteiger partial charge in [-0.15, -0.1) is 0 Å². The number of carbonyl (C=O) groups is 2. The molecule has 1 aromatic heterocycles. The minimum atomic E-state index is -3.98. The number of esters is 1. The average Bonchev–Trinajstić information content (AvgIpc) is 2.87. The van der Waals surface area contributed by atoms with Crippen LogP contribution in [0.2, 0.25) is 5.02 Å². The van der Waals surface area contributed by atoms with E-state index in [2.05, 4.69) is 4.98 Å². The Morgan fingerprint density at radius 1 is 1.20 bits per heavy atom. The topological polar surface area (TPSA) is 93.3 Å². The summed E-state index contributed by atoms with van der Waals surface area (Å²) in [4.78, 5) is 27.3. The molecule has 0 radical (unpaired) electrons. The van der Waals surface area contributed by atoms with Crippen LogP contribution in [0.4, 0.5) is 0 Å². The van der Waals surface area contributed by atoms with Crippen molar-refractivity contribution >= 4 is 33.2 Å². The monoisotopic (exact) mass is 383 g/mol. The molecular formula is C17H18ClNO5S. The second-order valence-electron chi connectivity index (χ2n) is 5.60. The van der Waals surface area contributed by atoms with Crippen molar-refractivity contribution in [2.45, 2.75) is 30.9 Å². The average molecular weight is 384 g/mol. The number of rotatable bonds is 5. The van der Waals surface area contributed by atoms with Crippen molar-refractivity contribution in [3.05, 3.63) is 51.8 Å². The molecule has 0 aliphatic heterocycles. The van der Waals surface area contributed by atoms with E-state index in [1.165, 1.54) is 32.2 Å². The Morgan fingerprint density at radius 3 is 2.36 bits per heavy atom. The summed E-state index contributed by atoms with van der Waals surface area (Å²) in [5.74, 6) is -1.23. The van der Waals surface area contributed by atoms with Crippen LogP contribution in [0.1, 0.15) is 39.0 Å². The van der Waals surface area contributed by atoms with Crippen molar-refractivity contribution in [2.24, 2.45) is 0 Å². The van der Waals surface area contributed by atoms with Crippen LogP contribution in [-0.4, -0.2) is 37.5 Å². The zero-order valence-corrected chi connectivity index (χ0v) is 15.8. The van der Waals surface area contributed by atoms with Crippen LogP contribution in [0.15, 0.2) is 29.2 Å². The molecule has 0 bridgehead atoms. The fourth-order valence-corrected chi connectivity index (χ4v) is 4.46. The fraction of sp³-hybridized carbons (Fsp3) is 0.294. The van der Waals surface area contributed by atoms with Crippen molar-refractivity contribution in [3.63, 3.8) is 0 Å². The van der Waals surface area contributed by atoms with Gasteiger partial charge in [-0.1, -0.05) is 23.7 Å². The van der Waals surface area contributed by atoms with Gasteiger partial charge in [0.1, 0.15) is 5.25 Å². The number of halogens is 1. The molecular weight excluding hydrogens is 366 g/mol. The van der Waals surface area contributed by atoms with Crippen LogP contribution in [0.25, 0.3) is 0 Å². The maximum absolute atomic E-state index is 12.8. The zero-order valence-electron chi connectivity index (χ0n) is 14.2. The van der Waals surface area contributed by atoms with Crippen molar-refractivity contribution in [1.29, 1.82) is 0 Å². The summed E-state index contributed by atoms with van der Waals surface area (Å²) in [5.41, 5.74) is 1.10. The highest BCUT2D eigenvalue weighted by Crippen LogP contribution is 2.27. The molecule has 0 aliphatic carbocycles. The van der Waals surface area contributed by atoms with Gasteiger partial charge in [0.15, 0.2) is 15.6 Å². The van der Waals surface area contributed by atoms with E-state index in [-0.39, 0.29) is 21.2 Å². The van der Waals surface area contributed by atoms with E-state index in [1.807, 2.05) is 0 Å². The Balaban J connectivity index is 2.48. The number of methoxy groups -OCH3 is 1. The third kappa shape index (κ3) is 3.34. The number of hydrogen-bond donors (Lipinski definition) is 1. The smallest absolute Gasteiger partial charge is 0.339 e. The summed E-state index contributed by atoms with van der Waals surface area (Å²) in [6, 6.07) is 5.95. The van der Waals surface area contributed by atoms with Gasteiger partial charge in [-0.25, -0.2) is 13.2 Å². The number of aromatic amines is 1. The first kappa shape index (κ1) is 19.2. The first-order valence-corrected chi connectivity index (χ1v) is 9.35. The molecule has 0 aliphatic rings. The van der Waals surface area contributed by atoms with Crippen LogP contribution >= 0.6 is 11.6 Å². The molecule has 1 N–H and O–H groups in total. The van der Waals surface area contributed by atoms with Crippen LogP contribution < -0.4 is 0 Å². The van der Waals surface area contributed by atoms with Gasteiger partial charge in [0.2, 0.25) is 0 Å². The number of hydrogen-bond acceptors (Lipinski definition) is 5. The van der Waals surface area contributed by atoms with Gasteiger partial charge >= 0.3 is 5.97 Å². The highest BCUT2D eigenvalue weighted by atomic mass is 35.5. The Bertz CT molecular complexity index is 946. The van der Waals surface area contributed by atoms with Gasteiger partial charge in [-0.3, -0.25) is 4.79 Å². The second-order valence-corrected chi connectivity index (χ2v) is 8.24. The molecule has 0 unspecified atom stereocenters. The zero-order chi connectivity index (χ0) is 18.9. The predicted molar refractivity (Wildman–Crippen MR) is 94.0 cm³/mol. The molecule has 6 nitrogen and oxygen atoms in total. The lowest BCUT2D eigenvalue weighted by Gasteiger charge is -2.13. The first-order chi connectivity index (χ1) is 11.6. The number of benzene rings is 1. The van der Waals surface area contributed by atoms with E-state index in [0.29, 0.717) is 11.3 Å². The molecule has 1 aromatic carbocycles. The number of aromatic nitrogens is 1. The van der Waals surface area contributed by atoms with E-state index in [1.54, 1.807) is 19.9 Å². The minimum absolute atomic E-state index is 0.0526. The number of aryl methyl sites for hydroxylation is 1. The van der Waals surface area contributed by atoms with Crippen LogP contribution in [0.5, 0.6) is 0 Å². The lowest BCUT2D eigenvalue weighted by molar-refractivity contribution is 0.0599. The molecule has 0 fully saturated rings. The van der Waals surface area contributed by atoms with Crippen molar-refractivity contribution < 1.29 is 22.7 Å². The van der Waals surface area contributed by atoms with E-state index in [4.69, 9.17) is 16.3 Å².